The van der Waals surface area contributed by atoms with E-state index in [1.54, 1.807) is 0 Å². The SMILES string of the molecule is CC1(C)OB(c2cc(C(F)(F)F)ccc2N2CCOCC2)OC1(C)C. The Labute approximate surface area is 146 Å². The van der Waals surface area contributed by atoms with Crippen molar-refractivity contribution in [3.63, 3.8) is 0 Å². The molecule has 0 atom stereocenters. The van der Waals surface area contributed by atoms with Crippen molar-refractivity contribution >= 4 is 18.3 Å². The molecule has 0 saturated carbocycles. The maximum atomic E-state index is 13.2. The predicted molar refractivity (Wildman–Crippen MR) is 90.2 cm³/mol. The van der Waals surface area contributed by atoms with Crippen molar-refractivity contribution in [2.75, 3.05) is 31.2 Å². The highest BCUT2D eigenvalue weighted by molar-refractivity contribution is 6.64. The van der Waals surface area contributed by atoms with Crippen LogP contribution in [0.1, 0.15) is 33.3 Å². The maximum absolute atomic E-state index is 13.2. The lowest BCUT2D eigenvalue weighted by Gasteiger charge is -2.32. The Kier molecular flexibility index (Phi) is 4.58. The summed E-state index contributed by atoms with van der Waals surface area (Å²) < 4.78 is 57.0. The minimum Gasteiger partial charge on any atom is -0.399 e. The summed E-state index contributed by atoms with van der Waals surface area (Å²) in [7, 11) is -0.842. The first-order valence-corrected chi connectivity index (χ1v) is 8.41. The van der Waals surface area contributed by atoms with Crippen LogP contribution in [0.2, 0.25) is 0 Å². The zero-order chi connectivity index (χ0) is 18.5. The van der Waals surface area contributed by atoms with Crippen molar-refractivity contribution in [1.82, 2.24) is 0 Å². The van der Waals surface area contributed by atoms with Gasteiger partial charge < -0.3 is 18.9 Å². The number of alkyl halides is 3. The van der Waals surface area contributed by atoms with Gasteiger partial charge in [0.2, 0.25) is 0 Å². The van der Waals surface area contributed by atoms with E-state index in [0.29, 0.717) is 37.5 Å². The third kappa shape index (κ3) is 3.52. The standard InChI is InChI=1S/C17H23BF3NO3/c1-15(2)16(3,4)25-18(24-15)13-11-12(17(19,20)21)5-6-14(13)22-7-9-23-10-8-22/h5-6,11H,7-10H2,1-4H3. The summed E-state index contributed by atoms with van der Waals surface area (Å²) in [5, 5.41) is 0. The first kappa shape index (κ1) is 18.5. The van der Waals surface area contributed by atoms with Crippen molar-refractivity contribution < 1.29 is 27.2 Å². The molecule has 0 N–H and O–H groups in total. The van der Waals surface area contributed by atoms with Crippen LogP contribution in [0.15, 0.2) is 18.2 Å². The summed E-state index contributed by atoms with van der Waals surface area (Å²) in [4.78, 5) is 2.02. The van der Waals surface area contributed by atoms with Crippen LogP contribution in [0.3, 0.4) is 0 Å². The largest absolute Gasteiger partial charge is 0.496 e. The van der Waals surface area contributed by atoms with Crippen LogP contribution in [-0.4, -0.2) is 44.6 Å². The molecule has 2 fully saturated rings. The van der Waals surface area contributed by atoms with Crippen LogP contribution < -0.4 is 10.4 Å². The number of nitrogens with zero attached hydrogens (tertiary/aromatic N) is 1. The molecule has 138 valence electrons. The third-order valence-electron chi connectivity index (χ3n) is 5.21. The van der Waals surface area contributed by atoms with E-state index in [1.165, 1.54) is 6.07 Å². The second-order valence-corrected chi connectivity index (χ2v) is 7.46. The van der Waals surface area contributed by atoms with Gasteiger partial charge in [0.1, 0.15) is 0 Å². The van der Waals surface area contributed by atoms with Crippen LogP contribution in [0, 0.1) is 0 Å². The molecule has 0 unspecified atom stereocenters. The molecular weight excluding hydrogens is 334 g/mol. The van der Waals surface area contributed by atoms with Gasteiger partial charge in [-0.05, 0) is 45.9 Å². The van der Waals surface area contributed by atoms with E-state index in [0.717, 1.165) is 12.1 Å². The van der Waals surface area contributed by atoms with E-state index >= 15 is 0 Å². The molecule has 4 nitrogen and oxygen atoms in total. The average molecular weight is 357 g/mol. The summed E-state index contributed by atoms with van der Waals surface area (Å²) in [6.45, 7) is 9.87. The Balaban J connectivity index is 2.02. The van der Waals surface area contributed by atoms with Gasteiger partial charge in [-0.3, -0.25) is 0 Å². The van der Waals surface area contributed by atoms with Crippen LogP contribution in [-0.2, 0) is 20.2 Å². The number of rotatable bonds is 2. The molecule has 0 radical (unpaired) electrons. The van der Waals surface area contributed by atoms with Crippen LogP contribution >= 0.6 is 0 Å². The van der Waals surface area contributed by atoms with Gasteiger partial charge >= 0.3 is 13.3 Å². The first-order chi connectivity index (χ1) is 11.5. The summed E-state index contributed by atoms with van der Waals surface area (Å²) in [6, 6.07) is 3.76. The second-order valence-electron chi connectivity index (χ2n) is 7.46. The lowest BCUT2D eigenvalue weighted by Crippen LogP contribution is -2.44. The lowest BCUT2D eigenvalue weighted by molar-refractivity contribution is -0.137. The van der Waals surface area contributed by atoms with Crippen molar-refractivity contribution in [2.24, 2.45) is 0 Å². The zero-order valence-electron chi connectivity index (χ0n) is 14.9. The second kappa shape index (κ2) is 6.18. The van der Waals surface area contributed by atoms with Gasteiger partial charge in [-0.1, -0.05) is 0 Å². The molecule has 0 amide bonds. The molecule has 1 aromatic carbocycles. The molecule has 2 aliphatic heterocycles. The molecule has 8 heteroatoms. The quantitative estimate of drug-likeness (QED) is 0.762. The van der Waals surface area contributed by atoms with Crippen molar-refractivity contribution in [3.05, 3.63) is 23.8 Å². The summed E-state index contributed by atoms with van der Waals surface area (Å²) in [6.07, 6.45) is -4.41. The Hall–Kier alpha value is -1.25. The normalized spacial score (nSPS) is 23.2. The van der Waals surface area contributed by atoms with Gasteiger partial charge in [0.05, 0.1) is 30.0 Å². The van der Waals surface area contributed by atoms with Crippen molar-refractivity contribution in [2.45, 2.75) is 45.1 Å². The van der Waals surface area contributed by atoms with E-state index in [2.05, 4.69) is 0 Å². The highest BCUT2D eigenvalue weighted by atomic mass is 19.4. The van der Waals surface area contributed by atoms with E-state index in [9.17, 15) is 13.2 Å². The summed E-state index contributed by atoms with van der Waals surface area (Å²) >= 11 is 0. The Morgan fingerprint density at radius 3 is 2.08 bits per heavy atom. The van der Waals surface area contributed by atoms with Crippen LogP contribution in [0.25, 0.3) is 0 Å². The molecule has 0 aromatic heterocycles. The first-order valence-electron chi connectivity index (χ1n) is 8.41. The fraction of sp³-hybridized carbons (Fsp3) is 0.647. The maximum Gasteiger partial charge on any atom is 0.496 e. The molecule has 0 aliphatic carbocycles. The summed E-state index contributed by atoms with van der Waals surface area (Å²) in [5.74, 6) is 0. The van der Waals surface area contributed by atoms with Gasteiger partial charge in [0.15, 0.2) is 0 Å². The van der Waals surface area contributed by atoms with Gasteiger partial charge in [0.25, 0.3) is 0 Å². The Bertz CT molecular complexity index is 627. The Morgan fingerprint density at radius 1 is 1.00 bits per heavy atom. The molecule has 2 aliphatic rings. The molecule has 2 heterocycles. The lowest BCUT2D eigenvalue weighted by atomic mass is 9.76. The smallest absolute Gasteiger partial charge is 0.399 e. The molecule has 0 spiro atoms. The number of ether oxygens (including phenoxy) is 1. The van der Waals surface area contributed by atoms with Crippen LogP contribution in [0.4, 0.5) is 18.9 Å². The number of anilines is 1. The van der Waals surface area contributed by atoms with Gasteiger partial charge in [-0.25, -0.2) is 0 Å². The van der Waals surface area contributed by atoms with Gasteiger partial charge in [0, 0.05) is 24.2 Å². The van der Waals surface area contributed by atoms with Crippen molar-refractivity contribution in [3.8, 4) is 0 Å². The Morgan fingerprint density at radius 2 is 1.56 bits per heavy atom. The topological polar surface area (TPSA) is 30.9 Å². The third-order valence-corrected chi connectivity index (χ3v) is 5.21. The van der Waals surface area contributed by atoms with Crippen LogP contribution in [0.5, 0.6) is 0 Å². The minimum absolute atomic E-state index is 0.412. The predicted octanol–water partition coefficient (Wildman–Crippen LogP) is 2.84. The van der Waals surface area contributed by atoms with E-state index < -0.39 is 30.1 Å². The molecular formula is C17H23BF3NO3. The number of hydrogen-bond acceptors (Lipinski definition) is 4. The van der Waals surface area contributed by atoms with Crippen molar-refractivity contribution in [1.29, 1.82) is 0 Å². The van der Waals surface area contributed by atoms with Gasteiger partial charge in [-0.2, -0.15) is 13.2 Å². The van der Waals surface area contributed by atoms with E-state index in [4.69, 9.17) is 14.0 Å². The fourth-order valence-electron chi connectivity index (χ4n) is 2.98. The molecule has 3 rings (SSSR count). The molecule has 25 heavy (non-hydrogen) atoms. The molecule has 1 aromatic rings. The van der Waals surface area contributed by atoms with Gasteiger partial charge in [-0.15, -0.1) is 0 Å². The highest BCUT2D eigenvalue weighted by Crippen LogP contribution is 2.38. The number of benzene rings is 1. The highest BCUT2D eigenvalue weighted by Gasteiger charge is 2.52. The monoisotopic (exact) mass is 357 g/mol. The zero-order valence-corrected chi connectivity index (χ0v) is 14.9. The number of hydrogen-bond donors (Lipinski definition) is 0. The number of morpholine rings is 1. The molecule has 2 saturated heterocycles. The summed E-state index contributed by atoms with van der Waals surface area (Å²) in [5.41, 5.74) is -0.818. The van der Waals surface area contributed by atoms with E-state index in [-0.39, 0.29) is 0 Å². The number of halogens is 3. The fourth-order valence-corrected chi connectivity index (χ4v) is 2.98. The average Bonchev–Trinajstić information content (AvgIpc) is 2.75. The van der Waals surface area contributed by atoms with E-state index in [1.807, 2.05) is 32.6 Å². The minimum atomic E-state index is -4.41. The molecule has 0 bridgehead atoms.